The number of rotatable bonds is 6. The first-order valence-electron chi connectivity index (χ1n) is 7.77. The zero-order valence-electron chi connectivity index (χ0n) is 13.7. The van der Waals surface area contributed by atoms with Crippen molar-refractivity contribution in [2.75, 3.05) is 18.1 Å². The molecule has 0 aliphatic heterocycles. The van der Waals surface area contributed by atoms with Gasteiger partial charge in [0.1, 0.15) is 23.9 Å². The first kappa shape index (κ1) is 17.0. The van der Waals surface area contributed by atoms with Gasteiger partial charge in [0.25, 0.3) is 0 Å². The molecule has 130 valence electrons. The van der Waals surface area contributed by atoms with Crippen molar-refractivity contribution in [3.05, 3.63) is 41.2 Å². The van der Waals surface area contributed by atoms with Crippen molar-refractivity contribution >= 4 is 23.4 Å². The summed E-state index contributed by atoms with van der Waals surface area (Å²) < 4.78 is 7.33. The van der Waals surface area contributed by atoms with Gasteiger partial charge in [0.2, 0.25) is 5.95 Å². The molecule has 8 nitrogen and oxygen atoms in total. The average Bonchev–Trinajstić information content (AvgIpc) is 3.04. The number of nitrogen functional groups attached to an aromatic ring is 2. The lowest BCUT2D eigenvalue weighted by Gasteiger charge is -2.07. The number of aromatic nitrogens is 5. The Morgan fingerprint density at radius 1 is 1.16 bits per heavy atom. The van der Waals surface area contributed by atoms with E-state index in [1.165, 1.54) is 0 Å². The van der Waals surface area contributed by atoms with Crippen molar-refractivity contribution in [3.8, 4) is 17.0 Å². The van der Waals surface area contributed by atoms with Crippen LogP contribution in [0.4, 0.5) is 11.8 Å². The van der Waals surface area contributed by atoms with Crippen LogP contribution in [0.5, 0.6) is 5.75 Å². The number of halogens is 1. The summed E-state index contributed by atoms with van der Waals surface area (Å²) in [4.78, 5) is 8.23. The van der Waals surface area contributed by atoms with E-state index in [0.29, 0.717) is 41.7 Å². The van der Waals surface area contributed by atoms with Crippen LogP contribution < -0.4 is 16.2 Å². The van der Waals surface area contributed by atoms with Crippen molar-refractivity contribution in [2.45, 2.75) is 19.9 Å². The summed E-state index contributed by atoms with van der Waals surface area (Å²) in [5.41, 5.74) is 13.7. The topological polar surface area (TPSA) is 118 Å². The molecule has 1 aromatic carbocycles. The number of ether oxygens (including phenoxy) is 1. The SMILES string of the molecule is CCc1nc(N)nc(N)c1-c1cn(CCOc2ccc(Cl)cc2)nn1. The monoisotopic (exact) mass is 359 g/mol. The summed E-state index contributed by atoms with van der Waals surface area (Å²) in [6.07, 6.45) is 2.45. The molecular formula is C16H18ClN7O. The Morgan fingerprint density at radius 3 is 2.64 bits per heavy atom. The largest absolute Gasteiger partial charge is 0.492 e. The molecule has 0 spiro atoms. The van der Waals surface area contributed by atoms with E-state index in [1.54, 1.807) is 23.0 Å². The lowest BCUT2D eigenvalue weighted by molar-refractivity contribution is 0.289. The van der Waals surface area contributed by atoms with Crippen LogP contribution in [0.15, 0.2) is 30.5 Å². The standard InChI is InChI=1S/C16H18ClN7O/c1-2-12-14(15(18)21-16(19)20-12)13-9-24(23-22-13)7-8-25-11-5-3-10(17)4-6-11/h3-6,9H,2,7-8H2,1H3,(H4,18,19,20,21). The maximum absolute atomic E-state index is 5.98. The Kier molecular flexibility index (Phi) is 4.99. The number of hydrogen-bond acceptors (Lipinski definition) is 7. The second-order valence-electron chi connectivity index (χ2n) is 5.31. The molecular weight excluding hydrogens is 342 g/mol. The van der Waals surface area contributed by atoms with Crippen molar-refractivity contribution in [2.24, 2.45) is 0 Å². The van der Waals surface area contributed by atoms with Crippen LogP contribution >= 0.6 is 11.6 Å². The summed E-state index contributed by atoms with van der Waals surface area (Å²) >= 11 is 5.84. The molecule has 0 aliphatic carbocycles. The minimum absolute atomic E-state index is 0.154. The van der Waals surface area contributed by atoms with Gasteiger partial charge in [0.05, 0.1) is 24.0 Å². The molecule has 0 saturated heterocycles. The normalized spacial score (nSPS) is 10.8. The zero-order chi connectivity index (χ0) is 17.8. The van der Waals surface area contributed by atoms with Gasteiger partial charge >= 0.3 is 0 Å². The van der Waals surface area contributed by atoms with Crippen LogP contribution in [0.3, 0.4) is 0 Å². The molecule has 0 aliphatic rings. The van der Waals surface area contributed by atoms with E-state index < -0.39 is 0 Å². The van der Waals surface area contributed by atoms with Gasteiger partial charge in [-0.05, 0) is 30.7 Å². The van der Waals surface area contributed by atoms with E-state index in [1.807, 2.05) is 19.1 Å². The van der Waals surface area contributed by atoms with Crippen LogP contribution in [-0.4, -0.2) is 31.6 Å². The third-order valence-corrected chi connectivity index (χ3v) is 3.81. The van der Waals surface area contributed by atoms with Crippen LogP contribution in [0, 0.1) is 0 Å². The molecule has 0 saturated carbocycles. The second-order valence-corrected chi connectivity index (χ2v) is 5.75. The van der Waals surface area contributed by atoms with Gasteiger partial charge < -0.3 is 16.2 Å². The third-order valence-electron chi connectivity index (χ3n) is 3.56. The highest BCUT2D eigenvalue weighted by Gasteiger charge is 2.15. The van der Waals surface area contributed by atoms with Gasteiger partial charge in [-0.3, -0.25) is 0 Å². The van der Waals surface area contributed by atoms with Crippen molar-refractivity contribution in [3.63, 3.8) is 0 Å². The lowest BCUT2D eigenvalue weighted by Crippen LogP contribution is -2.08. The lowest BCUT2D eigenvalue weighted by atomic mass is 10.1. The van der Waals surface area contributed by atoms with E-state index in [9.17, 15) is 0 Å². The van der Waals surface area contributed by atoms with Gasteiger partial charge in [0.15, 0.2) is 0 Å². The van der Waals surface area contributed by atoms with Crippen LogP contribution in [-0.2, 0) is 13.0 Å². The Labute approximate surface area is 149 Å². The molecule has 0 atom stereocenters. The minimum Gasteiger partial charge on any atom is -0.492 e. The fourth-order valence-electron chi connectivity index (χ4n) is 2.39. The van der Waals surface area contributed by atoms with Crippen LogP contribution in [0.2, 0.25) is 5.02 Å². The van der Waals surface area contributed by atoms with Crippen molar-refractivity contribution in [1.29, 1.82) is 0 Å². The van der Waals surface area contributed by atoms with Crippen LogP contribution in [0.1, 0.15) is 12.6 Å². The first-order valence-corrected chi connectivity index (χ1v) is 8.15. The summed E-state index contributed by atoms with van der Waals surface area (Å²) in [6.45, 7) is 2.95. The summed E-state index contributed by atoms with van der Waals surface area (Å²) in [5, 5.41) is 8.93. The second kappa shape index (κ2) is 7.35. The maximum atomic E-state index is 5.98. The predicted octanol–water partition coefficient (Wildman–Crippen LogP) is 2.19. The van der Waals surface area contributed by atoms with Gasteiger partial charge in [-0.25, -0.2) is 9.67 Å². The molecule has 3 rings (SSSR count). The molecule has 0 unspecified atom stereocenters. The Hall–Kier alpha value is -2.87. The molecule has 25 heavy (non-hydrogen) atoms. The number of nitrogens with zero attached hydrogens (tertiary/aromatic N) is 5. The Balaban J connectivity index is 1.69. The molecule has 2 heterocycles. The number of nitrogens with two attached hydrogens (primary N) is 2. The molecule has 0 bridgehead atoms. The van der Waals surface area contributed by atoms with E-state index >= 15 is 0 Å². The molecule has 0 fully saturated rings. The predicted molar refractivity (Wildman–Crippen MR) is 96.2 cm³/mol. The minimum atomic E-state index is 0.154. The van der Waals surface area contributed by atoms with Crippen LogP contribution in [0.25, 0.3) is 11.3 Å². The molecule has 3 aromatic rings. The first-order chi connectivity index (χ1) is 12.1. The number of benzene rings is 1. The molecule has 4 N–H and O–H groups in total. The number of hydrogen-bond donors (Lipinski definition) is 2. The zero-order valence-corrected chi connectivity index (χ0v) is 14.4. The van der Waals surface area contributed by atoms with E-state index in [0.717, 1.165) is 11.4 Å². The number of anilines is 2. The van der Waals surface area contributed by atoms with Gasteiger partial charge in [-0.1, -0.05) is 23.7 Å². The van der Waals surface area contributed by atoms with E-state index in [4.69, 9.17) is 27.8 Å². The van der Waals surface area contributed by atoms with Gasteiger partial charge in [-0.15, -0.1) is 5.10 Å². The maximum Gasteiger partial charge on any atom is 0.222 e. The molecule has 0 radical (unpaired) electrons. The summed E-state index contributed by atoms with van der Waals surface area (Å²) in [7, 11) is 0. The highest BCUT2D eigenvalue weighted by atomic mass is 35.5. The summed E-state index contributed by atoms with van der Waals surface area (Å²) in [6, 6.07) is 7.19. The smallest absolute Gasteiger partial charge is 0.222 e. The average molecular weight is 360 g/mol. The highest BCUT2D eigenvalue weighted by molar-refractivity contribution is 6.30. The molecule has 9 heteroatoms. The Morgan fingerprint density at radius 2 is 1.92 bits per heavy atom. The van der Waals surface area contributed by atoms with Gasteiger partial charge in [-0.2, -0.15) is 4.98 Å². The summed E-state index contributed by atoms with van der Waals surface area (Å²) in [5.74, 6) is 1.20. The number of aryl methyl sites for hydroxylation is 1. The fraction of sp³-hybridized carbons (Fsp3) is 0.250. The molecule has 0 amide bonds. The Bertz CT molecular complexity index is 863. The quantitative estimate of drug-likeness (QED) is 0.692. The van der Waals surface area contributed by atoms with E-state index in [2.05, 4.69) is 20.3 Å². The molecule has 2 aromatic heterocycles. The van der Waals surface area contributed by atoms with Crippen molar-refractivity contribution in [1.82, 2.24) is 25.0 Å². The third kappa shape index (κ3) is 3.97. The van der Waals surface area contributed by atoms with E-state index in [-0.39, 0.29) is 5.95 Å². The van der Waals surface area contributed by atoms with Gasteiger partial charge in [0, 0.05) is 5.02 Å². The highest BCUT2D eigenvalue weighted by Crippen LogP contribution is 2.26. The van der Waals surface area contributed by atoms with Crippen molar-refractivity contribution < 1.29 is 4.74 Å². The fourth-order valence-corrected chi connectivity index (χ4v) is 2.52.